The number of amides is 3. The van der Waals surface area contributed by atoms with E-state index in [0.717, 1.165) is 19.3 Å². The second-order valence-corrected chi connectivity index (χ2v) is 5.34. The summed E-state index contributed by atoms with van der Waals surface area (Å²) >= 11 is 7.22. The Bertz CT molecular complexity index is 263. The highest BCUT2D eigenvalue weighted by atomic mass is 35.5. The monoisotopic (exact) mass is 264 g/mol. The van der Waals surface area contributed by atoms with E-state index in [2.05, 4.69) is 16.9 Å². The van der Waals surface area contributed by atoms with Gasteiger partial charge in [0.05, 0.1) is 0 Å². The maximum absolute atomic E-state index is 11.4. The number of hydrogen-bond donors (Lipinski definition) is 2. The fourth-order valence-corrected chi connectivity index (χ4v) is 2.75. The maximum atomic E-state index is 11.4. The van der Waals surface area contributed by atoms with Crippen LogP contribution in [0.25, 0.3) is 0 Å². The van der Waals surface area contributed by atoms with E-state index < -0.39 is 6.03 Å². The summed E-state index contributed by atoms with van der Waals surface area (Å²) in [6.07, 6.45) is 5.35. The van der Waals surface area contributed by atoms with Crippen molar-refractivity contribution in [2.24, 2.45) is 0 Å². The molecule has 0 aromatic heterocycles. The zero-order valence-electron chi connectivity index (χ0n) is 9.29. The quantitative estimate of drug-likeness (QED) is 0.761. The molecule has 0 aromatic rings. The van der Waals surface area contributed by atoms with Crippen molar-refractivity contribution in [2.75, 3.05) is 12.1 Å². The molecule has 3 amide bonds. The van der Waals surface area contributed by atoms with E-state index in [1.54, 1.807) is 0 Å². The van der Waals surface area contributed by atoms with Gasteiger partial charge in [0.25, 0.3) is 0 Å². The minimum atomic E-state index is -0.401. The van der Waals surface area contributed by atoms with E-state index in [4.69, 9.17) is 11.6 Å². The fraction of sp³-hybridized carbons (Fsp3) is 0.800. The standard InChI is InChI=1S/C10H17ClN2O2S/c1-16-8-3-2-7(6-8)12-10(15)13-9(14)4-5-11/h7-8H,2-6H2,1H3,(H2,12,13,14,15). The highest BCUT2D eigenvalue weighted by Gasteiger charge is 2.25. The number of imide groups is 1. The zero-order chi connectivity index (χ0) is 12.0. The molecule has 6 heteroatoms. The Kier molecular flexibility index (Phi) is 5.98. The lowest BCUT2D eigenvalue weighted by atomic mass is 10.2. The van der Waals surface area contributed by atoms with Crippen molar-refractivity contribution in [1.29, 1.82) is 0 Å². The van der Waals surface area contributed by atoms with Crippen LogP contribution in [0.4, 0.5) is 4.79 Å². The van der Waals surface area contributed by atoms with Crippen LogP contribution in [0.5, 0.6) is 0 Å². The van der Waals surface area contributed by atoms with Gasteiger partial charge in [-0.3, -0.25) is 10.1 Å². The van der Waals surface area contributed by atoms with E-state index in [1.807, 2.05) is 11.8 Å². The number of rotatable bonds is 4. The van der Waals surface area contributed by atoms with Gasteiger partial charge in [-0.25, -0.2) is 4.79 Å². The topological polar surface area (TPSA) is 58.2 Å². The molecule has 1 rings (SSSR count). The molecule has 2 N–H and O–H groups in total. The van der Waals surface area contributed by atoms with Crippen LogP contribution in [0.3, 0.4) is 0 Å². The van der Waals surface area contributed by atoms with Crippen LogP contribution >= 0.6 is 23.4 Å². The summed E-state index contributed by atoms with van der Waals surface area (Å²) in [5, 5.41) is 5.69. The van der Waals surface area contributed by atoms with Crippen molar-refractivity contribution < 1.29 is 9.59 Å². The van der Waals surface area contributed by atoms with Crippen molar-refractivity contribution in [3.8, 4) is 0 Å². The first-order chi connectivity index (χ1) is 7.65. The molecule has 1 saturated carbocycles. The van der Waals surface area contributed by atoms with Gasteiger partial charge in [-0.15, -0.1) is 11.6 Å². The molecule has 92 valence electrons. The van der Waals surface area contributed by atoms with Crippen LogP contribution < -0.4 is 10.6 Å². The van der Waals surface area contributed by atoms with Crippen molar-refractivity contribution >= 4 is 35.3 Å². The number of halogens is 1. The van der Waals surface area contributed by atoms with Crippen molar-refractivity contribution in [3.05, 3.63) is 0 Å². The van der Waals surface area contributed by atoms with Crippen molar-refractivity contribution in [1.82, 2.24) is 10.6 Å². The summed E-state index contributed by atoms with van der Waals surface area (Å²) in [4.78, 5) is 22.5. The molecule has 1 fully saturated rings. The van der Waals surface area contributed by atoms with Crippen LogP contribution in [0.2, 0.25) is 0 Å². The summed E-state index contributed by atoms with van der Waals surface area (Å²) in [5.74, 6) is -0.0937. The molecule has 0 aromatic carbocycles. The van der Waals surface area contributed by atoms with Crippen LogP contribution in [-0.2, 0) is 4.79 Å². The molecule has 0 bridgehead atoms. The normalized spacial score (nSPS) is 24.1. The van der Waals surface area contributed by atoms with E-state index in [-0.39, 0.29) is 24.2 Å². The molecule has 2 atom stereocenters. The van der Waals surface area contributed by atoms with Crippen LogP contribution in [0.15, 0.2) is 0 Å². The van der Waals surface area contributed by atoms with Gasteiger partial charge >= 0.3 is 6.03 Å². The Morgan fingerprint density at radius 1 is 1.44 bits per heavy atom. The summed E-state index contributed by atoms with van der Waals surface area (Å²) < 4.78 is 0. The third-order valence-electron chi connectivity index (χ3n) is 2.63. The molecule has 1 aliphatic carbocycles. The molecule has 0 heterocycles. The summed E-state index contributed by atoms with van der Waals surface area (Å²) in [5.41, 5.74) is 0. The molecule has 0 spiro atoms. The smallest absolute Gasteiger partial charge is 0.321 e. The number of thioether (sulfide) groups is 1. The Morgan fingerprint density at radius 3 is 2.75 bits per heavy atom. The van der Waals surface area contributed by atoms with Gasteiger partial charge in [0, 0.05) is 23.6 Å². The highest BCUT2D eigenvalue weighted by Crippen LogP contribution is 2.27. The third-order valence-corrected chi connectivity index (χ3v) is 3.91. The van der Waals surface area contributed by atoms with Gasteiger partial charge in [-0.1, -0.05) is 0 Å². The Labute approximate surface area is 105 Å². The molecule has 4 nitrogen and oxygen atoms in total. The molecule has 2 unspecified atom stereocenters. The first-order valence-electron chi connectivity index (χ1n) is 5.34. The zero-order valence-corrected chi connectivity index (χ0v) is 10.9. The number of alkyl halides is 1. The number of hydrogen-bond acceptors (Lipinski definition) is 3. The number of nitrogens with one attached hydrogen (secondary N) is 2. The van der Waals surface area contributed by atoms with Gasteiger partial charge in [0.2, 0.25) is 5.91 Å². The second-order valence-electron chi connectivity index (χ2n) is 3.83. The van der Waals surface area contributed by atoms with E-state index in [1.165, 1.54) is 0 Å². The van der Waals surface area contributed by atoms with Crippen LogP contribution in [-0.4, -0.2) is 35.4 Å². The molecule has 0 saturated heterocycles. The Balaban J connectivity index is 2.22. The minimum absolute atomic E-state index is 0.174. The van der Waals surface area contributed by atoms with Crippen molar-refractivity contribution in [2.45, 2.75) is 37.0 Å². The first kappa shape index (κ1) is 13.6. The maximum Gasteiger partial charge on any atom is 0.321 e. The predicted octanol–water partition coefficient (Wildman–Crippen LogP) is 1.73. The molecule has 16 heavy (non-hydrogen) atoms. The lowest BCUT2D eigenvalue weighted by Crippen LogP contribution is -2.43. The lowest BCUT2D eigenvalue weighted by molar-refractivity contribution is -0.119. The summed E-state index contributed by atoms with van der Waals surface area (Å²) in [6, 6.07) is -0.205. The largest absolute Gasteiger partial charge is 0.335 e. The Hall–Kier alpha value is -0.420. The van der Waals surface area contributed by atoms with Crippen molar-refractivity contribution in [3.63, 3.8) is 0 Å². The van der Waals surface area contributed by atoms with Gasteiger partial charge < -0.3 is 5.32 Å². The lowest BCUT2D eigenvalue weighted by Gasteiger charge is -2.12. The van der Waals surface area contributed by atoms with Gasteiger partial charge in [0.15, 0.2) is 0 Å². The predicted molar refractivity (Wildman–Crippen MR) is 67.0 cm³/mol. The van der Waals surface area contributed by atoms with Gasteiger partial charge in [0.1, 0.15) is 0 Å². The summed E-state index contributed by atoms with van der Waals surface area (Å²) in [7, 11) is 0. The average Bonchev–Trinajstić information content (AvgIpc) is 2.65. The molecule has 1 aliphatic rings. The average molecular weight is 265 g/mol. The Morgan fingerprint density at radius 2 is 2.19 bits per heavy atom. The number of urea groups is 1. The van der Waals surface area contributed by atoms with E-state index in [9.17, 15) is 9.59 Å². The first-order valence-corrected chi connectivity index (χ1v) is 7.17. The van der Waals surface area contributed by atoms with E-state index >= 15 is 0 Å². The van der Waals surface area contributed by atoms with Gasteiger partial charge in [-0.05, 0) is 25.5 Å². The SMILES string of the molecule is CSC1CCC(NC(=O)NC(=O)CCCl)C1. The molecular weight excluding hydrogens is 248 g/mol. The minimum Gasteiger partial charge on any atom is -0.335 e. The fourth-order valence-electron chi connectivity index (χ4n) is 1.78. The number of carbonyl (C=O) groups is 2. The molecule has 0 aliphatic heterocycles. The van der Waals surface area contributed by atoms with Crippen LogP contribution in [0.1, 0.15) is 25.7 Å². The summed E-state index contributed by atoms with van der Waals surface area (Å²) in [6.45, 7) is 0. The third kappa shape index (κ3) is 4.61. The molecular formula is C10H17ClN2O2S. The van der Waals surface area contributed by atoms with E-state index in [0.29, 0.717) is 5.25 Å². The molecule has 0 radical (unpaired) electrons. The number of carbonyl (C=O) groups excluding carboxylic acids is 2. The van der Waals surface area contributed by atoms with Crippen LogP contribution in [0, 0.1) is 0 Å². The second kappa shape index (κ2) is 7.01. The highest BCUT2D eigenvalue weighted by molar-refractivity contribution is 7.99. The van der Waals surface area contributed by atoms with Gasteiger partial charge in [-0.2, -0.15) is 11.8 Å².